The minimum atomic E-state index is -4.87. The molecule has 2 atom stereocenters. The summed E-state index contributed by atoms with van der Waals surface area (Å²) in [6.45, 7) is 6.18. The molecule has 1 aromatic heterocycles. The summed E-state index contributed by atoms with van der Waals surface area (Å²) in [5.74, 6) is -1.36. The Balaban J connectivity index is 0.995. The monoisotopic (exact) mass is 821 g/mol. The van der Waals surface area contributed by atoms with Crippen molar-refractivity contribution < 1.29 is 46.6 Å². The Morgan fingerprint density at radius 1 is 1.09 bits per heavy atom. The second-order valence-electron chi connectivity index (χ2n) is 14.0. The van der Waals surface area contributed by atoms with Gasteiger partial charge in [-0.2, -0.15) is 18.4 Å². The minimum Gasteiger partial charge on any atom is -0.492 e. The first-order chi connectivity index (χ1) is 27.6. The first kappa shape index (κ1) is 41.5. The van der Waals surface area contributed by atoms with E-state index in [9.17, 15) is 37.1 Å². The standard InChI is InChI=1S/C38H38F3N9O7S/c1-37(2)35(55)49(26-19-28(38(39,40)41)30(20-42)43-21-26)36(58)50(37)25-6-8-27(9-7-25)56-17-16-47-12-14-48(15-13-47)34(57-22-51)33(54)45-24-5-3-4-23(18-24)44-29-10-11-31(52)46-32(29)53/h3-9,18-19,21-22,29,34,44H,10-17H2,1-2H3,(H,45,54)(H,46,52,53). The number of rotatable bonds is 13. The average molecular weight is 822 g/mol. The number of alkyl halides is 3. The molecule has 304 valence electrons. The van der Waals surface area contributed by atoms with E-state index < -0.39 is 53.0 Å². The molecule has 6 rings (SSSR count). The van der Waals surface area contributed by atoms with Gasteiger partial charge in [0.15, 0.2) is 10.8 Å². The molecule has 4 amide bonds. The lowest BCUT2D eigenvalue weighted by atomic mass is 10.0. The number of carbonyl (C=O) groups is 5. The summed E-state index contributed by atoms with van der Waals surface area (Å²) in [5.41, 5.74) is -2.10. The molecule has 0 saturated carbocycles. The van der Waals surface area contributed by atoms with Crippen LogP contribution in [0.4, 0.5) is 35.9 Å². The Morgan fingerprint density at radius 2 is 1.79 bits per heavy atom. The van der Waals surface area contributed by atoms with Gasteiger partial charge in [-0.3, -0.25) is 44.0 Å². The van der Waals surface area contributed by atoms with Gasteiger partial charge in [-0.15, -0.1) is 0 Å². The Kier molecular flexibility index (Phi) is 12.2. The largest absolute Gasteiger partial charge is 0.492 e. The van der Waals surface area contributed by atoms with E-state index >= 15 is 0 Å². The van der Waals surface area contributed by atoms with Gasteiger partial charge in [0.1, 0.15) is 30.0 Å². The molecule has 3 aromatic rings. The van der Waals surface area contributed by atoms with Gasteiger partial charge >= 0.3 is 6.18 Å². The van der Waals surface area contributed by atoms with Crippen LogP contribution in [-0.2, 0) is 34.9 Å². The maximum Gasteiger partial charge on any atom is 0.419 e. The van der Waals surface area contributed by atoms with Crippen molar-refractivity contribution in [2.24, 2.45) is 0 Å². The average Bonchev–Trinajstić information content (AvgIpc) is 3.36. The molecule has 4 heterocycles. The molecule has 58 heavy (non-hydrogen) atoms. The highest BCUT2D eigenvalue weighted by atomic mass is 32.1. The highest BCUT2D eigenvalue weighted by molar-refractivity contribution is 7.81. The number of nitriles is 1. The van der Waals surface area contributed by atoms with Crippen molar-refractivity contribution in [2.75, 3.05) is 59.8 Å². The van der Waals surface area contributed by atoms with E-state index in [-0.39, 0.29) is 29.6 Å². The number of halogens is 3. The fraction of sp³-hybridized carbons (Fsp3) is 0.368. The number of hydrogen-bond donors (Lipinski definition) is 3. The smallest absolute Gasteiger partial charge is 0.419 e. The topological polar surface area (TPSA) is 190 Å². The van der Waals surface area contributed by atoms with Crippen LogP contribution in [0, 0.1) is 11.3 Å². The van der Waals surface area contributed by atoms with Crippen LogP contribution < -0.4 is 30.5 Å². The molecule has 3 aliphatic heterocycles. The molecule has 0 radical (unpaired) electrons. The zero-order valence-electron chi connectivity index (χ0n) is 31.2. The first-order valence-electron chi connectivity index (χ1n) is 18.1. The lowest BCUT2D eigenvalue weighted by Crippen LogP contribution is -2.55. The molecule has 2 unspecified atom stereocenters. The number of piperidine rings is 1. The number of nitrogens with one attached hydrogen (secondary N) is 3. The van der Waals surface area contributed by atoms with Crippen LogP contribution in [0.1, 0.15) is 37.9 Å². The summed E-state index contributed by atoms with van der Waals surface area (Å²) in [6, 6.07) is 14.9. The van der Waals surface area contributed by atoms with E-state index in [1.54, 1.807) is 67.3 Å². The Bertz CT molecular complexity index is 2140. The molecule has 3 saturated heterocycles. The van der Waals surface area contributed by atoms with E-state index in [0.717, 1.165) is 11.1 Å². The fourth-order valence-corrected chi connectivity index (χ4v) is 7.35. The van der Waals surface area contributed by atoms with Gasteiger partial charge in [0, 0.05) is 56.2 Å². The second kappa shape index (κ2) is 17.1. The molecular formula is C38H38F3N9O7S. The van der Waals surface area contributed by atoms with Crippen molar-refractivity contribution in [2.45, 2.75) is 50.7 Å². The predicted octanol–water partition coefficient (Wildman–Crippen LogP) is 3.24. The van der Waals surface area contributed by atoms with Gasteiger partial charge in [0.05, 0.1) is 17.4 Å². The molecule has 0 aliphatic carbocycles. The summed E-state index contributed by atoms with van der Waals surface area (Å²) in [7, 11) is 0. The quantitative estimate of drug-likeness (QED) is 0.130. The zero-order valence-corrected chi connectivity index (χ0v) is 32.1. The van der Waals surface area contributed by atoms with Crippen molar-refractivity contribution in [3.8, 4) is 11.8 Å². The number of imide groups is 1. The molecule has 0 spiro atoms. The normalized spacial score (nSPS) is 19.3. The van der Waals surface area contributed by atoms with E-state index in [1.165, 1.54) is 11.0 Å². The molecule has 16 nitrogen and oxygen atoms in total. The van der Waals surface area contributed by atoms with Crippen molar-refractivity contribution in [3.63, 3.8) is 0 Å². The van der Waals surface area contributed by atoms with Crippen LogP contribution in [0.25, 0.3) is 0 Å². The van der Waals surface area contributed by atoms with Crippen molar-refractivity contribution in [1.82, 2.24) is 20.1 Å². The fourth-order valence-electron chi connectivity index (χ4n) is 6.83. The molecule has 3 fully saturated rings. The number of anilines is 4. The number of benzene rings is 2. The summed E-state index contributed by atoms with van der Waals surface area (Å²) in [4.78, 5) is 71.8. The number of nitrogens with zero attached hydrogens (tertiary/aromatic N) is 6. The molecule has 0 bridgehead atoms. The van der Waals surface area contributed by atoms with E-state index in [0.29, 0.717) is 74.6 Å². The van der Waals surface area contributed by atoms with Gasteiger partial charge in [-0.1, -0.05) is 6.07 Å². The van der Waals surface area contributed by atoms with Crippen LogP contribution in [0.5, 0.6) is 5.75 Å². The van der Waals surface area contributed by atoms with Crippen LogP contribution in [0.3, 0.4) is 0 Å². The number of thiocarbonyl (C=S) groups is 1. The number of piperazine rings is 1. The number of carbonyl (C=O) groups excluding carboxylic acids is 5. The maximum absolute atomic E-state index is 13.7. The number of ether oxygens (including phenoxy) is 2. The van der Waals surface area contributed by atoms with Gasteiger partial charge in [0.25, 0.3) is 18.3 Å². The Morgan fingerprint density at radius 3 is 2.45 bits per heavy atom. The second-order valence-corrected chi connectivity index (χ2v) is 14.4. The highest BCUT2D eigenvalue weighted by Crippen LogP contribution is 2.39. The summed E-state index contributed by atoms with van der Waals surface area (Å²) < 4.78 is 52.1. The molecule has 2 aromatic carbocycles. The number of hydrogen-bond acceptors (Lipinski definition) is 13. The summed E-state index contributed by atoms with van der Waals surface area (Å²) in [6.07, 6.45) is -4.50. The van der Waals surface area contributed by atoms with Gasteiger partial charge in [-0.25, -0.2) is 4.98 Å². The van der Waals surface area contributed by atoms with Crippen LogP contribution in [-0.4, -0.2) is 107 Å². The Hall–Kier alpha value is -6.17. The minimum absolute atomic E-state index is 0.0609. The summed E-state index contributed by atoms with van der Waals surface area (Å²) in [5, 5.41) is 17.2. The maximum atomic E-state index is 13.7. The lowest BCUT2D eigenvalue weighted by Gasteiger charge is -2.37. The van der Waals surface area contributed by atoms with Crippen LogP contribution in [0.15, 0.2) is 60.8 Å². The molecular weight excluding hydrogens is 784 g/mol. The van der Waals surface area contributed by atoms with Crippen molar-refractivity contribution >= 4 is 70.2 Å². The van der Waals surface area contributed by atoms with Crippen LogP contribution in [0.2, 0.25) is 0 Å². The van der Waals surface area contributed by atoms with Gasteiger partial charge in [-0.05, 0) is 81.0 Å². The first-order valence-corrected chi connectivity index (χ1v) is 18.5. The van der Waals surface area contributed by atoms with Gasteiger partial charge in [0.2, 0.25) is 18.0 Å². The SMILES string of the molecule is CC1(C)C(=O)N(c2cnc(C#N)c(C(F)(F)F)c2)C(=S)N1c1ccc(OCCN2CCN(C(OC=O)C(=O)Nc3cccc(NC4CCC(=O)NC4=O)c3)CC2)cc1. The van der Waals surface area contributed by atoms with E-state index in [4.69, 9.17) is 27.0 Å². The third kappa shape index (κ3) is 9.01. The predicted molar refractivity (Wildman–Crippen MR) is 206 cm³/mol. The number of aromatic nitrogens is 1. The third-order valence-electron chi connectivity index (χ3n) is 9.84. The van der Waals surface area contributed by atoms with Crippen LogP contribution >= 0.6 is 12.2 Å². The summed E-state index contributed by atoms with van der Waals surface area (Å²) >= 11 is 5.59. The highest BCUT2D eigenvalue weighted by Gasteiger charge is 2.51. The van der Waals surface area contributed by atoms with Crippen molar-refractivity contribution in [3.05, 3.63) is 72.1 Å². The number of amides is 4. The zero-order chi connectivity index (χ0) is 41.8. The number of pyridine rings is 1. The lowest BCUT2D eigenvalue weighted by molar-refractivity contribution is -0.156. The third-order valence-corrected chi connectivity index (χ3v) is 10.2. The van der Waals surface area contributed by atoms with E-state index in [2.05, 4.69) is 25.8 Å². The van der Waals surface area contributed by atoms with Gasteiger partial charge < -0.3 is 25.0 Å². The Labute approximate surface area is 335 Å². The molecule has 20 heteroatoms. The molecule has 3 aliphatic rings. The van der Waals surface area contributed by atoms with Crippen molar-refractivity contribution in [1.29, 1.82) is 5.26 Å². The van der Waals surface area contributed by atoms with E-state index in [1.807, 2.05) is 0 Å². The molecule has 3 N–H and O–H groups in total.